The number of anilines is 2. The van der Waals surface area contributed by atoms with E-state index >= 15 is 0 Å². The molecular weight excluding hydrogens is 430 g/mol. The van der Waals surface area contributed by atoms with Gasteiger partial charge in [0.15, 0.2) is 5.82 Å². The van der Waals surface area contributed by atoms with Crippen LogP contribution in [0.15, 0.2) is 70.8 Å². The molecule has 4 rings (SSSR count). The van der Waals surface area contributed by atoms with Crippen LogP contribution in [0.1, 0.15) is 24.0 Å². The predicted molar refractivity (Wildman–Crippen MR) is 135 cm³/mol. The molecule has 1 aliphatic rings. The van der Waals surface area contributed by atoms with Gasteiger partial charge in [0.25, 0.3) is 0 Å². The van der Waals surface area contributed by atoms with Gasteiger partial charge in [0.2, 0.25) is 5.91 Å². The highest BCUT2D eigenvalue weighted by Crippen LogP contribution is 2.34. The minimum atomic E-state index is 0.0344. The normalized spacial score (nSPS) is 14.2. The van der Waals surface area contributed by atoms with E-state index in [-0.39, 0.29) is 11.8 Å². The first-order chi connectivity index (χ1) is 16.0. The summed E-state index contributed by atoms with van der Waals surface area (Å²) in [5.74, 6) is 1.08. The maximum absolute atomic E-state index is 12.8. The molecule has 33 heavy (non-hydrogen) atoms. The topological polar surface area (TPSA) is 61.4 Å². The number of hydrogen-bond acceptors (Lipinski definition) is 6. The molecule has 0 unspecified atom stereocenters. The molecule has 0 saturated carbocycles. The molecule has 6 nitrogen and oxygen atoms in total. The van der Waals surface area contributed by atoms with Crippen LogP contribution < -0.4 is 15.1 Å². The van der Waals surface area contributed by atoms with Gasteiger partial charge in [-0.1, -0.05) is 41.6 Å². The number of aromatic nitrogens is 2. The second-order valence-corrected chi connectivity index (χ2v) is 9.70. The Morgan fingerprint density at radius 2 is 1.70 bits per heavy atom. The zero-order chi connectivity index (χ0) is 23.2. The molecule has 1 amide bonds. The minimum Gasteiger partial charge on any atom is -0.378 e. The molecule has 0 atom stereocenters. The molecule has 2 aromatic carbocycles. The Bertz CT molecular complexity index is 1060. The van der Waals surface area contributed by atoms with Crippen LogP contribution in [-0.2, 0) is 11.3 Å². The van der Waals surface area contributed by atoms with Gasteiger partial charge in [0.1, 0.15) is 5.03 Å². The van der Waals surface area contributed by atoms with Crippen LogP contribution in [0.4, 0.5) is 11.5 Å². The van der Waals surface area contributed by atoms with Crippen molar-refractivity contribution in [2.45, 2.75) is 36.2 Å². The third-order valence-corrected chi connectivity index (χ3v) is 6.96. The Morgan fingerprint density at radius 3 is 2.36 bits per heavy atom. The van der Waals surface area contributed by atoms with E-state index in [1.807, 2.05) is 14.1 Å². The molecule has 1 N–H and O–H groups in total. The predicted octanol–water partition coefficient (Wildman–Crippen LogP) is 4.54. The first-order valence-electron chi connectivity index (χ1n) is 11.3. The molecule has 0 radical (unpaired) electrons. The number of hydrogen-bond donors (Lipinski definition) is 1. The lowest BCUT2D eigenvalue weighted by molar-refractivity contribution is -0.125. The van der Waals surface area contributed by atoms with Gasteiger partial charge in [-0.25, -0.2) is 9.97 Å². The number of aryl methyl sites for hydroxylation is 1. The summed E-state index contributed by atoms with van der Waals surface area (Å²) < 4.78 is 0. The van der Waals surface area contributed by atoms with Crippen molar-refractivity contribution in [3.05, 3.63) is 72.1 Å². The fourth-order valence-corrected chi connectivity index (χ4v) is 4.81. The van der Waals surface area contributed by atoms with Crippen molar-refractivity contribution in [1.29, 1.82) is 0 Å². The summed E-state index contributed by atoms with van der Waals surface area (Å²) in [5.41, 5.74) is 3.51. The number of piperidine rings is 1. The lowest BCUT2D eigenvalue weighted by Gasteiger charge is -2.32. The van der Waals surface area contributed by atoms with E-state index in [9.17, 15) is 4.79 Å². The number of nitrogens with zero attached hydrogens (tertiary/aromatic N) is 4. The Balaban J connectivity index is 1.31. The summed E-state index contributed by atoms with van der Waals surface area (Å²) in [6, 6.07) is 16.7. The monoisotopic (exact) mass is 461 g/mol. The largest absolute Gasteiger partial charge is 0.378 e. The third kappa shape index (κ3) is 6.05. The molecule has 2 heterocycles. The maximum Gasteiger partial charge on any atom is 0.223 e. The van der Waals surface area contributed by atoms with Crippen molar-refractivity contribution in [3.63, 3.8) is 0 Å². The first kappa shape index (κ1) is 23.1. The quantitative estimate of drug-likeness (QED) is 0.558. The summed E-state index contributed by atoms with van der Waals surface area (Å²) in [7, 11) is 4.04. The Kier molecular flexibility index (Phi) is 7.50. The molecule has 0 aliphatic carbocycles. The highest BCUT2D eigenvalue weighted by atomic mass is 32.2. The second kappa shape index (κ2) is 10.7. The molecule has 0 bridgehead atoms. The van der Waals surface area contributed by atoms with Crippen LogP contribution in [0.5, 0.6) is 0 Å². The Morgan fingerprint density at radius 1 is 1.03 bits per heavy atom. The average molecular weight is 462 g/mol. The van der Waals surface area contributed by atoms with Crippen LogP contribution in [0.3, 0.4) is 0 Å². The van der Waals surface area contributed by atoms with Gasteiger partial charge in [0, 0.05) is 62.6 Å². The lowest BCUT2D eigenvalue weighted by atomic mass is 9.96. The van der Waals surface area contributed by atoms with Crippen molar-refractivity contribution in [3.8, 4) is 0 Å². The Hall–Kier alpha value is -3.06. The van der Waals surface area contributed by atoms with E-state index in [1.54, 1.807) is 24.2 Å². The molecule has 1 fully saturated rings. The van der Waals surface area contributed by atoms with Crippen LogP contribution >= 0.6 is 11.8 Å². The van der Waals surface area contributed by atoms with E-state index in [2.05, 4.69) is 80.5 Å². The Labute approximate surface area is 200 Å². The van der Waals surface area contributed by atoms with E-state index in [0.29, 0.717) is 6.54 Å². The molecule has 1 aliphatic heterocycles. The fourth-order valence-electron chi connectivity index (χ4n) is 3.92. The fraction of sp³-hybridized carbons (Fsp3) is 0.346. The van der Waals surface area contributed by atoms with Gasteiger partial charge in [-0.15, -0.1) is 0 Å². The second-order valence-electron chi connectivity index (χ2n) is 8.64. The molecule has 3 aromatic rings. The van der Waals surface area contributed by atoms with Crippen LogP contribution in [0.25, 0.3) is 0 Å². The van der Waals surface area contributed by atoms with Crippen molar-refractivity contribution in [2.75, 3.05) is 37.0 Å². The minimum absolute atomic E-state index is 0.0344. The lowest BCUT2D eigenvalue weighted by Crippen LogP contribution is -2.41. The average Bonchev–Trinajstić information content (AvgIpc) is 2.85. The maximum atomic E-state index is 12.8. The highest BCUT2D eigenvalue weighted by molar-refractivity contribution is 7.99. The SMILES string of the molecule is Cc1ccc(Sc2nccnc2N2CCC(C(=O)NCc3ccc(N(C)C)cc3)CC2)cc1. The number of nitrogens with one attached hydrogen (secondary N) is 1. The number of carbonyl (C=O) groups excluding carboxylic acids is 1. The van der Waals surface area contributed by atoms with Gasteiger partial charge in [-0.2, -0.15) is 0 Å². The number of amides is 1. The first-order valence-corrected chi connectivity index (χ1v) is 12.2. The molecule has 172 valence electrons. The van der Waals surface area contributed by atoms with E-state index in [0.717, 1.165) is 52.9 Å². The van der Waals surface area contributed by atoms with Gasteiger partial charge < -0.3 is 15.1 Å². The van der Waals surface area contributed by atoms with Gasteiger partial charge in [-0.3, -0.25) is 4.79 Å². The number of carbonyl (C=O) groups is 1. The van der Waals surface area contributed by atoms with Gasteiger partial charge in [-0.05, 0) is 49.6 Å². The van der Waals surface area contributed by atoms with Gasteiger partial charge >= 0.3 is 0 Å². The van der Waals surface area contributed by atoms with Crippen molar-refractivity contribution < 1.29 is 4.79 Å². The van der Waals surface area contributed by atoms with Crippen LogP contribution in [0.2, 0.25) is 0 Å². The zero-order valence-corrected chi connectivity index (χ0v) is 20.3. The summed E-state index contributed by atoms with van der Waals surface area (Å²) in [5, 5.41) is 4.03. The van der Waals surface area contributed by atoms with E-state index < -0.39 is 0 Å². The van der Waals surface area contributed by atoms with Crippen molar-refractivity contribution >= 4 is 29.2 Å². The van der Waals surface area contributed by atoms with Crippen molar-refractivity contribution in [2.24, 2.45) is 5.92 Å². The molecule has 7 heteroatoms. The summed E-state index contributed by atoms with van der Waals surface area (Å²) in [6.07, 6.45) is 5.12. The van der Waals surface area contributed by atoms with Crippen LogP contribution in [0, 0.1) is 12.8 Å². The van der Waals surface area contributed by atoms with E-state index in [1.165, 1.54) is 5.56 Å². The van der Waals surface area contributed by atoms with Gasteiger partial charge in [0.05, 0.1) is 0 Å². The summed E-state index contributed by atoms with van der Waals surface area (Å²) in [4.78, 5) is 27.4. The van der Waals surface area contributed by atoms with E-state index in [4.69, 9.17) is 0 Å². The third-order valence-electron chi connectivity index (χ3n) is 5.97. The number of rotatable bonds is 7. The molecule has 1 aromatic heterocycles. The summed E-state index contributed by atoms with van der Waals surface area (Å²) in [6.45, 7) is 4.25. The zero-order valence-electron chi connectivity index (χ0n) is 19.5. The number of benzene rings is 2. The smallest absolute Gasteiger partial charge is 0.223 e. The highest BCUT2D eigenvalue weighted by Gasteiger charge is 2.27. The molecular formula is C26H31N5OS. The van der Waals surface area contributed by atoms with Crippen molar-refractivity contribution in [1.82, 2.24) is 15.3 Å². The molecule has 0 spiro atoms. The van der Waals surface area contributed by atoms with Crippen LogP contribution in [-0.4, -0.2) is 43.1 Å². The summed E-state index contributed by atoms with van der Waals surface area (Å²) >= 11 is 1.63. The standard InChI is InChI=1S/C26H31N5OS/c1-19-4-10-23(11-5-19)33-26-24(27-14-15-28-26)31-16-12-21(13-17-31)25(32)29-18-20-6-8-22(9-7-20)30(2)3/h4-11,14-15,21H,12-13,16-18H2,1-3H3,(H,29,32). The molecule has 1 saturated heterocycles.